The lowest BCUT2D eigenvalue weighted by Gasteiger charge is -2.63. The third-order valence-electron chi connectivity index (χ3n) is 5.95. The maximum atomic E-state index is 14.0. The van der Waals surface area contributed by atoms with Crippen LogP contribution in [0, 0.1) is 11.7 Å². The van der Waals surface area contributed by atoms with Crippen molar-refractivity contribution >= 4 is 5.91 Å². The number of hydrogen-bond acceptors (Lipinski definition) is 4. The Morgan fingerprint density at radius 3 is 2.81 bits per heavy atom. The third kappa shape index (κ3) is 3.15. The van der Waals surface area contributed by atoms with Crippen LogP contribution in [0.25, 0.3) is 0 Å². The Labute approximate surface area is 154 Å². The van der Waals surface area contributed by atoms with Gasteiger partial charge in [-0.2, -0.15) is 0 Å². The first-order valence-electron chi connectivity index (χ1n) is 9.57. The van der Waals surface area contributed by atoms with E-state index in [0.717, 1.165) is 44.9 Å². The highest BCUT2D eigenvalue weighted by Crippen LogP contribution is 2.37. The maximum absolute atomic E-state index is 14.0. The number of halogens is 1. The van der Waals surface area contributed by atoms with E-state index >= 15 is 0 Å². The molecule has 1 spiro atoms. The van der Waals surface area contributed by atoms with Gasteiger partial charge in [0.1, 0.15) is 5.82 Å². The number of carbonyl (C=O) groups excluding carboxylic acids is 1. The van der Waals surface area contributed by atoms with Gasteiger partial charge in [-0.15, -0.1) is 0 Å². The van der Waals surface area contributed by atoms with Gasteiger partial charge in [-0.25, -0.2) is 4.39 Å². The molecule has 3 aliphatic rings. The molecular weight excluding hydrogens is 333 g/mol. The molecule has 5 nitrogen and oxygen atoms in total. The second-order valence-electron chi connectivity index (χ2n) is 8.26. The van der Waals surface area contributed by atoms with Crippen molar-refractivity contribution in [3.63, 3.8) is 0 Å². The van der Waals surface area contributed by atoms with Gasteiger partial charge in [0.15, 0.2) is 0 Å². The molecule has 0 unspecified atom stereocenters. The lowest BCUT2D eigenvalue weighted by molar-refractivity contribution is -0.177. The second kappa shape index (κ2) is 6.91. The highest BCUT2D eigenvalue weighted by Gasteiger charge is 2.54. The van der Waals surface area contributed by atoms with Gasteiger partial charge in [0, 0.05) is 50.7 Å². The summed E-state index contributed by atoms with van der Waals surface area (Å²) in [4.78, 5) is 19.5. The van der Waals surface area contributed by atoms with Crippen molar-refractivity contribution in [2.75, 3.05) is 45.9 Å². The summed E-state index contributed by atoms with van der Waals surface area (Å²) in [5.41, 5.74) is 0.731. The maximum Gasteiger partial charge on any atom is 0.225 e. The van der Waals surface area contributed by atoms with Gasteiger partial charge < -0.3 is 9.64 Å². The summed E-state index contributed by atoms with van der Waals surface area (Å²) < 4.78 is 19.6. The molecule has 3 saturated heterocycles. The number of likely N-dealkylation sites (tertiary alicyclic amines) is 1. The fourth-order valence-electron chi connectivity index (χ4n) is 4.78. The van der Waals surface area contributed by atoms with E-state index < -0.39 is 0 Å². The molecular formula is C20H28FN3O2. The Bertz CT molecular complexity index is 675. The largest absolute Gasteiger partial charge is 0.378 e. The smallest absolute Gasteiger partial charge is 0.225 e. The number of nitrogens with zero attached hydrogens (tertiary/aromatic N) is 3. The molecule has 1 aromatic carbocycles. The van der Waals surface area contributed by atoms with Crippen molar-refractivity contribution < 1.29 is 13.9 Å². The molecule has 1 amide bonds. The van der Waals surface area contributed by atoms with E-state index in [1.807, 2.05) is 30.9 Å². The minimum atomic E-state index is -0.141. The number of carbonyl (C=O) groups is 1. The molecule has 0 aliphatic carbocycles. The summed E-state index contributed by atoms with van der Waals surface area (Å²) in [5, 5.41) is 0. The minimum Gasteiger partial charge on any atom is -0.378 e. The van der Waals surface area contributed by atoms with Crippen molar-refractivity contribution in [3.8, 4) is 0 Å². The van der Waals surface area contributed by atoms with Gasteiger partial charge in [-0.05, 0) is 6.07 Å². The predicted molar refractivity (Wildman–Crippen MR) is 97.1 cm³/mol. The zero-order valence-electron chi connectivity index (χ0n) is 15.7. The normalized spacial score (nSPS) is 26.0. The average Bonchev–Trinajstić information content (AvgIpc) is 2.61. The van der Waals surface area contributed by atoms with Crippen molar-refractivity contribution in [2.45, 2.75) is 32.0 Å². The molecule has 3 heterocycles. The number of ether oxygens (including phenoxy) is 1. The Kier molecular flexibility index (Phi) is 4.75. The zero-order chi connectivity index (χ0) is 18.3. The highest BCUT2D eigenvalue weighted by molar-refractivity contribution is 5.78. The average molecular weight is 361 g/mol. The summed E-state index contributed by atoms with van der Waals surface area (Å²) in [6.07, 6.45) is 0. The molecule has 0 saturated carbocycles. The van der Waals surface area contributed by atoms with Crippen LogP contribution < -0.4 is 0 Å². The molecule has 0 bridgehead atoms. The van der Waals surface area contributed by atoms with Crippen LogP contribution >= 0.6 is 0 Å². The molecule has 4 rings (SSSR count). The predicted octanol–water partition coefficient (Wildman–Crippen LogP) is 1.58. The van der Waals surface area contributed by atoms with E-state index in [9.17, 15) is 9.18 Å². The third-order valence-corrected chi connectivity index (χ3v) is 5.95. The second-order valence-corrected chi connectivity index (χ2v) is 8.26. The number of benzene rings is 1. The van der Waals surface area contributed by atoms with E-state index in [0.29, 0.717) is 13.2 Å². The molecule has 0 aromatic heterocycles. The highest BCUT2D eigenvalue weighted by atomic mass is 19.1. The molecule has 0 radical (unpaired) electrons. The number of morpholine rings is 1. The van der Waals surface area contributed by atoms with Crippen LogP contribution in [0.2, 0.25) is 0 Å². The lowest BCUT2D eigenvalue weighted by Crippen LogP contribution is -2.80. The standard InChI is InChI=1S/C20H28FN3O2/c1-15(2)19(25)23-10-17-11-26-8-7-24(17)20(14-23)12-22(13-20)9-16-5-3-4-6-18(16)21/h3-6,15,17H,7-14H2,1-2H3/t17-/m1/s1. The van der Waals surface area contributed by atoms with Crippen LogP contribution in [0.4, 0.5) is 4.39 Å². The van der Waals surface area contributed by atoms with Crippen molar-refractivity contribution in [2.24, 2.45) is 5.92 Å². The van der Waals surface area contributed by atoms with Crippen LogP contribution in [-0.2, 0) is 16.1 Å². The fourth-order valence-corrected chi connectivity index (χ4v) is 4.78. The topological polar surface area (TPSA) is 36.0 Å². The van der Waals surface area contributed by atoms with E-state index in [-0.39, 0.29) is 29.2 Å². The van der Waals surface area contributed by atoms with Crippen molar-refractivity contribution in [1.82, 2.24) is 14.7 Å². The van der Waals surface area contributed by atoms with Gasteiger partial charge >= 0.3 is 0 Å². The van der Waals surface area contributed by atoms with Crippen molar-refractivity contribution in [3.05, 3.63) is 35.6 Å². The SMILES string of the molecule is CC(C)C(=O)N1C[C@@H]2COCCN2C2(CN(Cc3ccccc3F)C2)C1. The van der Waals surface area contributed by atoms with Crippen molar-refractivity contribution in [1.29, 1.82) is 0 Å². The van der Waals surface area contributed by atoms with E-state index in [4.69, 9.17) is 4.74 Å². The summed E-state index contributed by atoms with van der Waals surface area (Å²) in [6.45, 7) is 10.2. The van der Waals surface area contributed by atoms with Gasteiger partial charge in [-0.3, -0.25) is 14.6 Å². The Morgan fingerprint density at radius 2 is 2.08 bits per heavy atom. The van der Waals surface area contributed by atoms with Gasteiger partial charge in [-0.1, -0.05) is 32.0 Å². The number of amides is 1. The Balaban J connectivity index is 1.48. The van der Waals surface area contributed by atoms with Crippen LogP contribution in [0.15, 0.2) is 24.3 Å². The van der Waals surface area contributed by atoms with Gasteiger partial charge in [0.05, 0.1) is 24.8 Å². The number of piperazine rings is 1. The number of hydrogen-bond donors (Lipinski definition) is 0. The fraction of sp³-hybridized carbons (Fsp3) is 0.650. The quantitative estimate of drug-likeness (QED) is 0.819. The van der Waals surface area contributed by atoms with E-state index in [1.54, 1.807) is 6.07 Å². The summed E-state index contributed by atoms with van der Waals surface area (Å²) in [7, 11) is 0. The first-order valence-corrected chi connectivity index (χ1v) is 9.57. The summed E-state index contributed by atoms with van der Waals surface area (Å²) in [6, 6.07) is 7.26. The van der Waals surface area contributed by atoms with Gasteiger partial charge in [0.2, 0.25) is 5.91 Å². The molecule has 6 heteroatoms. The van der Waals surface area contributed by atoms with Gasteiger partial charge in [0.25, 0.3) is 0 Å². The molecule has 26 heavy (non-hydrogen) atoms. The molecule has 142 valence electrons. The number of fused-ring (bicyclic) bond motifs is 2. The Morgan fingerprint density at radius 1 is 1.31 bits per heavy atom. The van der Waals surface area contributed by atoms with Crippen LogP contribution in [0.5, 0.6) is 0 Å². The minimum absolute atomic E-state index is 0.0114. The Hall–Kier alpha value is -1.50. The summed E-state index contributed by atoms with van der Waals surface area (Å²) in [5.74, 6) is 0.0952. The number of rotatable bonds is 3. The van der Waals surface area contributed by atoms with E-state index in [1.165, 1.54) is 6.07 Å². The molecule has 1 aromatic rings. The van der Waals surface area contributed by atoms with Crippen LogP contribution in [-0.4, -0.2) is 78.1 Å². The summed E-state index contributed by atoms with van der Waals surface area (Å²) >= 11 is 0. The molecule has 3 aliphatic heterocycles. The molecule has 1 atom stereocenters. The first kappa shape index (κ1) is 17.9. The molecule has 3 fully saturated rings. The monoisotopic (exact) mass is 361 g/mol. The lowest BCUT2D eigenvalue weighted by atomic mass is 9.82. The zero-order valence-corrected chi connectivity index (χ0v) is 15.7. The van der Waals surface area contributed by atoms with Crippen LogP contribution in [0.3, 0.4) is 0 Å². The first-order chi connectivity index (χ1) is 12.5. The molecule has 0 N–H and O–H groups in total. The van der Waals surface area contributed by atoms with E-state index in [2.05, 4.69) is 9.80 Å². The van der Waals surface area contributed by atoms with Crippen LogP contribution in [0.1, 0.15) is 19.4 Å².